The Morgan fingerprint density at radius 1 is 0.815 bits per heavy atom. The Morgan fingerprint density at radius 2 is 1.44 bits per heavy atom. The highest BCUT2D eigenvalue weighted by atomic mass is 16.5. The molecule has 3 nitrogen and oxygen atoms in total. The number of carbonyl (C=O) groups is 2. The molecule has 3 heteroatoms. The van der Waals surface area contributed by atoms with Crippen molar-refractivity contribution in [2.45, 2.75) is 18.9 Å². The van der Waals surface area contributed by atoms with Crippen molar-refractivity contribution < 1.29 is 14.3 Å². The monoisotopic (exact) mass is 356 g/mol. The molecule has 2 atom stereocenters. The number of para-hydroxylation sites is 1. The molecular weight excluding hydrogens is 336 g/mol. The second-order valence-corrected chi connectivity index (χ2v) is 6.74. The van der Waals surface area contributed by atoms with Crippen molar-refractivity contribution in [3.63, 3.8) is 0 Å². The third kappa shape index (κ3) is 3.54. The van der Waals surface area contributed by atoms with Crippen LogP contribution in [0.25, 0.3) is 0 Å². The van der Waals surface area contributed by atoms with E-state index in [2.05, 4.69) is 0 Å². The average Bonchev–Trinajstić information content (AvgIpc) is 2.74. The zero-order chi connectivity index (χ0) is 18.6. The molecule has 0 spiro atoms. The van der Waals surface area contributed by atoms with Crippen LogP contribution >= 0.6 is 0 Å². The van der Waals surface area contributed by atoms with E-state index in [9.17, 15) is 9.59 Å². The summed E-state index contributed by atoms with van der Waals surface area (Å²) in [4.78, 5) is 25.7. The van der Waals surface area contributed by atoms with E-state index in [4.69, 9.17) is 4.74 Å². The Labute approximate surface area is 158 Å². The first kappa shape index (κ1) is 17.2. The molecule has 0 aromatic heterocycles. The molecule has 1 aliphatic rings. The minimum absolute atomic E-state index is 0.0477. The first-order chi connectivity index (χ1) is 13.2. The minimum atomic E-state index is -0.380. The Hall–Kier alpha value is -3.20. The predicted molar refractivity (Wildman–Crippen MR) is 104 cm³/mol. The third-order valence-electron chi connectivity index (χ3n) is 5.01. The van der Waals surface area contributed by atoms with E-state index in [1.807, 2.05) is 78.9 Å². The highest BCUT2D eigenvalue weighted by Gasteiger charge is 2.37. The molecule has 4 rings (SSSR count). The van der Waals surface area contributed by atoms with Crippen LogP contribution in [0.15, 0.2) is 84.9 Å². The average molecular weight is 356 g/mol. The largest absolute Gasteiger partial charge is 0.484 e. The number of Topliss-reactive ketones (excluding diaryl/α,β-unsaturated/α-hetero) is 2. The van der Waals surface area contributed by atoms with E-state index in [-0.39, 0.29) is 23.6 Å². The Morgan fingerprint density at radius 3 is 2.19 bits per heavy atom. The second-order valence-electron chi connectivity index (χ2n) is 6.74. The van der Waals surface area contributed by atoms with Crippen molar-refractivity contribution >= 4 is 11.6 Å². The molecule has 3 aromatic carbocycles. The number of hydrogen-bond acceptors (Lipinski definition) is 3. The van der Waals surface area contributed by atoms with Crippen LogP contribution in [0.3, 0.4) is 0 Å². The Bertz CT molecular complexity index is 948. The molecule has 0 fully saturated rings. The summed E-state index contributed by atoms with van der Waals surface area (Å²) in [6.45, 7) is 0. The molecule has 27 heavy (non-hydrogen) atoms. The van der Waals surface area contributed by atoms with Gasteiger partial charge in [-0.05, 0) is 24.1 Å². The number of ether oxygens (including phenoxy) is 1. The maximum atomic E-state index is 13.2. The summed E-state index contributed by atoms with van der Waals surface area (Å²) >= 11 is 0. The molecule has 0 saturated heterocycles. The van der Waals surface area contributed by atoms with Crippen molar-refractivity contribution in [3.8, 4) is 5.75 Å². The van der Waals surface area contributed by atoms with Gasteiger partial charge in [0.05, 0.1) is 11.5 Å². The SMILES string of the molecule is O=C(CCC1C(=O)c2ccccc2OC1c1ccccc1)c1ccccc1. The molecule has 0 amide bonds. The van der Waals surface area contributed by atoms with Gasteiger partial charge in [-0.1, -0.05) is 72.8 Å². The van der Waals surface area contributed by atoms with Crippen LogP contribution in [-0.2, 0) is 0 Å². The fraction of sp³-hybridized carbons (Fsp3) is 0.167. The third-order valence-corrected chi connectivity index (χ3v) is 5.01. The summed E-state index contributed by atoms with van der Waals surface area (Å²) in [6.07, 6.45) is 0.396. The van der Waals surface area contributed by atoms with Gasteiger partial charge in [-0.15, -0.1) is 0 Å². The van der Waals surface area contributed by atoms with Crippen LogP contribution in [0.4, 0.5) is 0 Å². The lowest BCUT2D eigenvalue weighted by atomic mass is 9.82. The number of fused-ring (bicyclic) bond motifs is 1. The van der Waals surface area contributed by atoms with Crippen LogP contribution < -0.4 is 4.74 Å². The van der Waals surface area contributed by atoms with Gasteiger partial charge in [-0.3, -0.25) is 9.59 Å². The summed E-state index contributed by atoms with van der Waals surface area (Å²) in [5.41, 5.74) is 2.23. The first-order valence-corrected chi connectivity index (χ1v) is 9.17. The van der Waals surface area contributed by atoms with Gasteiger partial charge in [-0.2, -0.15) is 0 Å². The molecule has 0 bridgehead atoms. The van der Waals surface area contributed by atoms with Gasteiger partial charge in [0.15, 0.2) is 11.6 Å². The molecule has 1 aliphatic heterocycles. The first-order valence-electron chi connectivity index (χ1n) is 9.17. The van der Waals surface area contributed by atoms with E-state index < -0.39 is 0 Å². The fourth-order valence-corrected chi connectivity index (χ4v) is 3.61. The number of carbonyl (C=O) groups excluding carboxylic acids is 2. The van der Waals surface area contributed by atoms with Gasteiger partial charge in [0.2, 0.25) is 0 Å². The highest BCUT2D eigenvalue weighted by Crippen LogP contribution is 2.40. The van der Waals surface area contributed by atoms with Crippen LogP contribution in [0, 0.1) is 5.92 Å². The molecule has 3 aromatic rings. The second kappa shape index (κ2) is 7.58. The normalized spacial score (nSPS) is 18.4. The van der Waals surface area contributed by atoms with Crippen LogP contribution in [-0.4, -0.2) is 11.6 Å². The van der Waals surface area contributed by atoms with Crippen molar-refractivity contribution in [2.75, 3.05) is 0 Å². The molecule has 0 N–H and O–H groups in total. The molecule has 0 saturated carbocycles. The smallest absolute Gasteiger partial charge is 0.173 e. The predicted octanol–water partition coefficient (Wildman–Crippen LogP) is 5.28. The molecule has 2 unspecified atom stereocenters. The standard InChI is InChI=1S/C24H20O3/c25-21(17-9-3-1-4-10-17)16-15-20-23(26)19-13-7-8-14-22(19)27-24(20)18-11-5-2-6-12-18/h1-14,20,24H,15-16H2. The van der Waals surface area contributed by atoms with Crippen molar-refractivity contribution in [1.82, 2.24) is 0 Å². The van der Waals surface area contributed by atoms with Gasteiger partial charge in [0.25, 0.3) is 0 Å². The zero-order valence-electron chi connectivity index (χ0n) is 14.9. The molecular formula is C24H20O3. The van der Waals surface area contributed by atoms with E-state index in [0.29, 0.717) is 29.7 Å². The molecule has 0 aliphatic carbocycles. The fourth-order valence-electron chi connectivity index (χ4n) is 3.61. The Kier molecular flexibility index (Phi) is 4.84. The maximum Gasteiger partial charge on any atom is 0.173 e. The van der Waals surface area contributed by atoms with Gasteiger partial charge >= 0.3 is 0 Å². The van der Waals surface area contributed by atoms with E-state index in [1.54, 1.807) is 6.07 Å². The maximum absolute atomic E-state index is 13.2. The van der Waals surface area contributed by atoms with Crippen molar-refractivity contribution in [3.05, 3.63) is 102 Å². The lowest BCUT2D eigenvalue weighted by molar-refractivity contribution is 0.0627. The quantitative estimate of drug-likeness (QED) is 0.584. The van der Waals surface area contributed by atoms with E-state index in [1.165, 1.54) is 0 Å². The van der Waals surface area contributed by atoms with E-state index in [0.717, 1.165) is 5.56 Å². The number of benzene rings is 3. The summed E-state index contributed by atoms with van der Waals surface area (Å²) in [5.74, 6) is 0.331. The van der Waals surface area contributed by atoms with Crippen molar-refractivity contribution in [2.24, 2.45) is 5.92 Å². The number of rotatable bonds is 5. The summed E-state index contributed by atoms with van der Waals surface area (Å²) in [7, 11) is 0. The van der Waals surface area contributed by atoms with Crippen LogP contribution in [0.5, 0.6) is 5.75 Å². The number of ketones is 2. The lowest BCUT2D eigenvalue weighted by Crippen LogP contribution is -2.32. The summed E-state index contributed by atoms with van der Waals surface area (Å²) in [6, 6.07) is 26.3. The summed E-state index contributed by atoms with van der Waals surface area (Å²) < 4.78 is 6.21. The highest BCUT2D eigenvalue weighted by molar-refractivity contribution is 6.02. The topological polar surface area (TPSA) is 43.4 Å². The van der Waals surface area contributed by atoms with Crippen LogP contribution in [0.2, 0.25) is 0 Å². The van der Waals surface area contributed by atoms with Gasteiger partial charge in [-0.25, -0.2) is 0 Å². The van der Waals surface area contributed by atoms with Gasteiger partial charge < -0.3 is 4.74 Å². The molecule has 0 radical (unpaired) electrons. The molecule has 1 heterocycles. The minimum Gasteiger partial charge on any atom is -0.484 e. The summed E-state index contributed by atoms with van der Waals surface area (Å²) in [5, 5.41) is 0. The van der Waals surface area contributed by atoms with Crippen molar-refractivity contribution in [1.29, 1.82) is 0 Å². The zero-order valence-corrected chi connectivity index (χ0v) is 14.9. The van der Waals surface area contributed by atoms with E-state index >= 15 is 0 Å². The van der Waals surface area contributed by atoms with Crippen LogP contribution in [0.1, 0.15) is 45.2 Å². The Balaban J connectivity index is 1.61. The molecule has 134 valence electrons. The number of hydrogen-bond donors (Lipinski definition) is 0. The van der Waals surface area contributed by atoms with Gasteiger partial charge in [0.1, 0.15) is 11.9 Å². The lowest BCUT2D eigenvalue weighted by Gasteiger charge is -2.32. The van der Waals surface area contributed by atoms with Gasteiger partial charge in [0, 0.05) is 12.0 Å².